The van der Waals surface area contributed by atoms with Gasteiger partial charge in [-0.3, -0.25) is 9.59 Å². The van der Waals surface area contributed by atoms with Crippen molar-refractivity contribution in [3.63, 3.8) is 0 Å². The standard InChI is InChI=1S/C15H11BrN2O4/c16-9-1-3-10(4-2-9)17-14(19)15(20)18-11-5-6-12-13(7-11)22-8-21-12/h1-7H,8H2,(H,17,19)(H,18,20). The smallest absolute Gasteiger partial charge is 0.314 e. The average Bonchev–Trinajstić information content (AvgIpc) is 2.97. The molecule has 112 valence electrons. The van der Waals surface area contributed by atoms with Gasteiger partial charge in [-0.25, -0.2) is 0 Å². The third-order valence-corrected chi connectivity index (χ3v) is 3.47. The van der Waals surface area contributed by atoms with Crippen LogP contribution in [0.5, 0.6) is 11.5 Å². The van der Waals surface area contributed by atoms with E-state index in [-0.39, 0.29) is 6.79 Å². The van der Waals surface area contributed by atoms with E-state index in [2.05, 4.69) is 26.6 Å². The van der Waals surface area contributed by atoms with E-state index >= 15 is 0 Å². The number of carbonyl (C=O) groups is 2. The summed E-state index contributed by atoms with van der Waals surface area (Å²) in [5.41, 5.74) is 0.995. The molecule has 0 aromatic heterocycles. The molecule has 2 N–H and O–H groups in total. The van der Waals surface area contributed by atoms with Crippen molar-refractivity contribution in [1.82, 2.24) is 0 Å². The molecule has 1 aliphatic rings. The molecule has 2 amide bonds. The minimum Gasteiger partial charge on any atom is -0.454 e. The van der Waals surface area contributed by atoms with Crippen LogP contribution in [0.25, 0.3) is 0 Å². The zero-order valence-electron chi connectivity index (χ0n) is 11.3. The summed E-state index contributed by atoms with van der Waals surface area (Å²) >= 11 is 3.30. The fraction of sp³-hybridized carbons (Fsp3) is 0.0667. The van der Waals surface area contributed by atoms with Gasteiger partial charge >= 0.3 is 11.8 Å². The summed E-state index contributed by atoms with van der Waals surface area (Å²) in [6.07, 6.45) is 0. The zero-order chi connectivity index (χ0) is 15.5. The van der Waals surface area contributed by atoms with Crippen LogP contribution in [-0.2, 0) is 9.59 Å². The van der Waals surface area contributed by atoms with Gasteiger partial charge in [0.1, 0.15) is 0 Å². The molecular weight excluding hydrogens is 352 g/mol. The zero-order valence-corrected chi connectivity index (χ0v) is 12.8. The quantitative estimate of drug-likeness (QED) is 0.805. The van der Waals surface area contributed by atoms with Crippen LogP contribution >= 0.6 is 15.9 Å². The van der Waals surface area contributed by atoms with Crippen molar-refractivity contribution < 1.29 is 19.1 Å². The number of nitrogens with one attached hydrogen (secondary N) is 2. The molecule has 0 aliphatic carbocycles. The first kappa shape index (κ1) is 14.4. The van der Waals surface area contributed by atoms with Crippen LogP contribution in [0.3, 0.4) is 0 Å². The molecule has 0 spiro atoms. The van der Waals surface area contributed by atoms with Crippen LogP contribution in [0.1, 0.15) is 0 Å². The number of benzene rings is 2. The minimum atomic E-state index is -0.762. The molecule has 22 heavy (non-hydrogen) atoms. The maximum atomic E-state index is 11.9. The first-order chi connectivity index (χ1) is 10.6. The number of carbonyl (C=O) groups excluding carboxylic acids is 2. The van der Waals surface area contributed by atoms with Gasteiger partial charge in [-0.1, -0.05) is 15.9 Å². The van der Waals surface area contributed by atoms with E-state index in [9.17, 15) is 9.59 Å². The van der Waals surface area contributed by atoms with Crippen molar-refractivity contribution in [2.75, 3.05) is 17.4 Å². The van der Waals surface area contributed by atoms with Crippen LogP contribution in [0.15, 0.2) is 46.9 Å². The molecule has 6 nitrogen and oxygen atoms in total. The highest BCUT2D eigenvalue weighted by atomic mass is 79.9. The van der Waals surface area contributed by atoms with Crippen molar-refractivity contribution in [2.45, 2.75) is 0 Å². The molecule has 0 saturated carbocycles. The molecule has 2 aromatic rings. The molecule has 0 saturated heterocycles. The molecule has 2 aromatic carbocycles. The maximum Gasteiger partial charge on any atom is 0.314 e. The van der Waals surface area contributed by atoms with Gasteiger partial charge in [-0.2, -0.15) is 0 Å². The van der Waals surface area contributed by atoms with Crippen LogP contribution in [-0.4, -0.2) is 18.6 Å². The van der Waals surface area contributed by atoms with E-state index in [0.717, 1.165) is 4.47 Å². The van der Waals surface area contributed by atoms with Crippen molar-refractivity contribution in [3.8, 4) is 11.5 Å². The summed E-state index contributed by atoms with van der Waals surface area (Å²) in [5.74, 6) is -0.370. The van der Waals surface area contributed by atoms with Gasteiger partial charge < -0.3 is 20.1 Å². The highest BCUT2D eigenvalue weighted by Crippen LogP contribution is 2.34. The highest BCUT2D eigenvalue weighted by Gasteiger charge is 2.17. The van der Waals surface area contributed by atoms with Gasteiger partial charge in [-0.15, -0.1) is 0 Å². The second-order valence-corrected chi connectivity index (χ2v) is 5.40. The Morgan fingerprint density at radius 2 is 1.45 bits per heavy atom. The van der Waals surface area contributed by atoms with Crippen molar-refractivity contribution in [1.29, 1.82) is 0 Å². The van der Waals surface area contributed by atoms with Crippen molar-refractivity contribution in [3.05, 3.63) is 46.9 Å². The topological polar surface area (TPSA) is 76.7 Å². The Morgan fingerprint density at radius 1 is 0.864 bits per heavy atom. The van der Waals surface area contributed by atoms with Gasteiger partial charge in [-0.05, 0) is 36.4 Å². The number of hydrogen-bond donors (Lipinski definition) is 2. The van der Waals surface area contributed by atoms with Gasteiger partial charge in [0, 0.05) is 21.9 Å². The van der Waals surface area contributed by atoms with Crippen LogP contribution in [0, 0.1) is 0 Å². The van der Waals surface area contributed by atoms with E-state index in [0.29, 0.717) is 22.9 Å². The lowest BCUT2D eigenvalue weighted by molar-refractivity contribution is -0.132. The number of amides is 2. The third-order valence-electron chi connectivity index (χ3n) is 2.94. The van der Waals surface area contributed by atoms with E-state index in [1.54, 1.807) is 42.5 Å². The minimum absolute atomic E-state index is 0.150. The van der Waals surface area contributed by atoms with Gasteiger partial charge in [0.05, 0.1) is 0 Å². The molecular formula is C15H11BrN2O4. The van der Waals surface area contributed by atoms with Crippen molar-refractivity contribution >= 4 is 39.1 Å². The number of fused-ring (bicyclic) bond motifs is 1. The second kappa shape index (κ2) is 6.07. The Kier molecular flexibility index (Phi) is 3.97. The Labute approximate surface area is 134 Å². The molecule has 0 radical (unpaired) electrons. The summed E-state index contributed by atoms with van der Waals surface area (Å²) in [6.45, 7) is 0.150. The van der Waals surface area contributed by atoms with Gasteiger partial charge in [0.25, 0.3) is 0 Å². The average molecular weight is 363 g/mol. The van der Waals surface area contributed by atoms with Crippen LogP contribution in [0.4, 0.5) is 11.4 Å². The number of rotatable bonds is 2. The molecule has 1 aliphatic heterocycles. The fourth-order valence-corrected chi connectivity index (χ4v) is 2.15. The molecule has 0 fully saturated rings. The fourth-order valence-electron chi connectivity index (χ4n) is 1.88. The second-order valence-electron chi connectivity index (χ2n) is 4.48. The van der Waals surface area contributed by atoms with Crippen LogP contribution < -0.4 is 20.1 Å². The molecule has 0 bridgehead atoms. The monoisotopic (exact) mass is 362 g/mol. The Morgan fingerprint density at radius 3 is 2.18 bits per heavy atom. The van der Waals surface area contributed by atoms with E-state index in [1.807, 2.05) is 0 Å². The van der Waals surface area contributed by atoms with Gasteiger partial charge in [0.2, 0.25) is 6.79 Å². The number of ether oxygens (including phenoxy) is 2. The summed E-state index contributed by atoms with van der Waals surface area (Å²) in [4.78, 5) is 23.7. The summed E-state index contributed by atoms with van der Waals surface area (Å²) in [5, 5.41) is 5.02. The highest BCUT2D eigenvalue weighted by molar-refractivity contribution is 9.10. The number of anilines is 2. The first-order valence-electron chi connectivity index (χ1n) is 6.39. The third kappa shape index (κ3) is 3.20. The molecule has 1 heterocycles. The first-order valence-corrected chi connectivity index (χ1v) is 7.19. The molecule has 7 heteroatoms. The summed E-state index contributed by atoms with van der Waals surface area (Å²) < 4.78 is 11.3. The van der Waals surface area contributed by atoms with Crippen LogP contribution in [0.2, 0.25) is 0 Å². The molecule has 0 unspecified atom stereocenters. The number of halogens is 1. The lowest BCUT2D eigenvalue weighted by Crippen LogP contribution is -2.29. The molecule has 0 atom stereocenters. The summed E-state index contributed by atoms with van der Waals surface area (Å²) in [7, 11) is 0. The maximum absolute atomic E-state index is 11.9. The molecule has 3 rings (SSSR count). The van der Waals surface area contributed by atoms with Crippen molar-refractivity contribution in [2.24, 2.45) is 0 Å². The lowest BCUT2D eigenvalue weighted by Gasteiger charge is -2.07. The number of hydrogen-bond acceptors (Lipinski definition) is 4. The van der Waals surface area contributed by atoms with E-state index in [1.165, 1.54) is 0 Å². The van der Waals surface area contributed by atoms with E-state index in [4.69, 9.17) is 9.47 Å². The summed E-state index contributed by atoms with van der Waals surface area (Å²) in [6, 6.07) is 11.8. The largest absolute Gasteiger partial charge is 0.454 e. The van der Waals surface area contributed by atoms with E-state index < -0.39 is 11.8 Å². The lowest BCUT2D eigenvalue weighted by atomic mass is 10.2. The van der Waals surface area contributed by atoms with Gasteiger partial charge in [0.15, 0.2) is 11.5 Å². The normalized spacial score (nSPS) is 11.9. The predicted octanol–water partition coefficient (Wildman–Crippen LogP) is 2.76. The SMILES string of the molecule is O=C(Nc1ccc(Br)cc1)C(=O)Nc1ccc2c(c1)OCO2. The Bertz CT molecular complexity index is 731. The Balaban J connectivity index is 1.63. The predicted molar refractivity (Wildman–Crippen MR) is 84.0 cm³/mol. The Hall–Kier alpha value is -2.54.